The van der Waals surface area contributed by atoms with E-state index in [0.717, 1.165) is 5.56 Å². The number of rotatable bonds is 3. The van der Waals surface area contributed by atoms with Crippen molar-refractivity contribution >= 4 is 11.9 Å². The summed E-state index contributed by atoms with van der Waals surface area (Å²) >= 11 is 0. The standard InChI is InChI=1S/C17H23FN2O3/c1-17(2,3)16(22)23-14-10-19(4)20(11-14)15(21)9-12-5-7-13(18)8-6-12/h5-8,14H,9-11H2,1-4H3. The minimum Gasteiger partial charge on any atom is -0.459 e. The lowest BCUT2D eigenvalue weighted by Gasteiger charge is -2.23. The number of ether oxygens (including phenoxy) is 1. The highest BCUT2D eigenvalue weighted by Gasteiger charge is 2.35. The lowest BCUT2D eigenvalue weighted by atomic mass is 9.97. The fourth-order valence-electron chi connectivity index (χ4n) is 2.35. The van der Waals surface area contributed by atoms with Crippen molar-refractivity contribution in [3.05, 3.63) is 35.6 Å². The van der Waals surface area contributed by atoms with E-state index in [1.165, 1.54) is 12.1 Å². The van der Waals surface area contributed by atoms with Gasteiger partial charge in [0.15, 0.2) is 0 Å². The molecule has 1 aromatic rings. The summed E-state index contributed by atoms with van der Waals surface area (Å²) in [5.74, 6) is -0.703. The molecule has 2 rings (SSSR count). The largest absolute Gasteiger partial charge is 0.459 e. The summed E-state index contributed by atoms with van der Waals surface area (Å²) in [4.78, 5) is 24.3. The third-order valence-electron chi connectivity index (χ3n) is 3.70. The topological polar surface area (TPSA) is 49.9 Å². The van der Waals surface area contributed by atoms with Crippen molar-refractivity contribution in [2.45, 2.75) is 33.3 Å². The summed E-state index contributed by atoms with van der Waals surface area (Å²) in [6.45, 7) is 6.22. The number of carbonyl (C=O) groups is 2. The maximum Gasteiger partial charge on any atom is 0.311 e. The molecule has 1 aromatic carbocycles. The molecule has 1 atom stereocenters. The van der Waals surface area contributed by atoms with Crippen molar-refractivity contribution in [3.63, 3.8) is 0 Å². The van der Waals surface area contributed by atoms with Crippen LogP contribution in [-0.2, 0) is 20.7 Å². The first-order chi connectivity index (χ1) is 10.7. The highest BCUT2D eigenvalue weighted by atomic mass is 19.1. The zero-order chi connectivity index (χ0) is 17.2. The van der Waals surface area contributed by atoms with Crippen LogP contribution < -0.4 is 0 Å². The zero-order valence-corrected chi connectivity index (χ0v) is 14.0. The number of hydrazine groups is 1. The molecule has 1 heterocycles. The first-order valence-corrected chi connectivity index (χ1v) is 7.64. The maximum atomic E-state index is 12.9. The molecule has 6 heteroatoms. The van der Waals surface area contributed by atoms with E-state index in [4.69, 9.17) is 4.74 Å². The van der Waals surface area contributed by atoms with E-state index in [-0.39, 0.29) is 30.2 Å². The predicted molar refractivity (Wildman–Crippen MR) is 83.8 cm³/mol. The first-order valence-electron chi connectivity index (χ1n) is 7.64. The van der Waals surface area contributed by atoms with Crippen LogP contribution in [0.4, 0.5) is 4.39 Å². The average molecular weight is 322 g/mol. The third-order valence-corrected chi connectivity index (χ3v) is 3.70. The van der Waals surface area contributed by atoms with Gasteiger partial charge in [-0.1, -0.05) is 12.1 Å². The minimum absolute atomic E-state index is 0.103. The van der Waals surface area contributed by atoms with Gasteiger partial charge in [-0.15, -0.1) is 0 Å². The molecular formula is C17H23FN2O3. The van der Waals surface area contributed by atoms with E-state index < -0.39 is 5.41 Å². The number of carbonyl (C=O) groups excluding carboxylic acids is 2. The quantitative estimate of drug-likeness (QED) is 0.799. The van der Waals surface area contributed by atoms with Crippen LogP contribution in [0.1, 0.15) is 26.3 Å². The predicted octanol–water partition coefficient (Wildman–Crippen LogP) is 2.02. The number of hydrogen-bond donors (Lipinski definition) is 0. The van der Waals surface area contributed by atoms with Crippen molar-refractivity contribution in [1.82, 2.24) is 10.0 Å². The lowest BCUT2D eigenvalue weighted by molar-refractivity contribution is -0.157. The molecule has 0 bridgehead atoms. The summed E-state index contributed by atoms with van der Waals surface area (Å²) in [5, 5.41) is 3.33. The van der Waals surface area contributed by atoms with E-state index in [0.29, 0.717) is 13.1 Å². The summed E-state index contributed by atoms with van der Waals surface area (Å²) in [5.41, 5.74) is 0.185. The zero-order valence-electron chi connectivity index (χ0n) is 14.0. The molecule has 0 N–H and O–H groups in total. The van der Waals surface area contributed by atoms with Crippen molar-refractivity contribution < 1.29 is 18.7 Å². The van der Waals surface area contributed by atoms with Crippen molar-refractivity contribution in [2.75, 3.05) is 20.1 Å². The third kappa shape index (κ3) is 4.51. The van der Waals surface area contributed by atoms with Crippen LogP contribution in [0.5, 0.6) is 0 Å². The molecule has 0 spiro atoms. The molecule has 1 saturated heterocycles. The molecule has 0 aliphatic carbocycles. The van der Waals surface area contributed by atoms with Gasteiger partial charge in [0.2, 0.25) is 5.91 Å². The Morgan fingerprint density at radius 2 is 1.83 bits per heavy atom. The fourth-order valence-corrected chi connectivity index (χ4v) is 2.35. The molecule has 1 aliphatic rings. The van der Waals surface area contributed by atoms with Crippen LogP contribution in [-0.4, -0.2) is 48.1 Å². The molecule has 0 aromatic heterocycles. The summed E-state index contributed by atoms with van der Waals surface area (Å²) < 4.78 is 18.4. The maximum absolute atomic E-state index is 12.9. The van der Waals surface area contributed by atoms with Crippen LogP contribution in [0.3, 0.4) is 0 Å². The van der Waals surface area contributed by atoms with Crippen molar-refractivity contribution in [2.24, 2.45) is 5.41 Å². The summed E-state index contributed by atoms with van der Waals surface area (Å²) in [6.07, 6.45) is -0.145. The van der Waals surface area contributed by atoms with E-state index in [9.17, 15) is 14.0 Å². The Kier molecular flexibility index (Phi) is 5.04. The van der Waals surface area contributed by atoms with Gasteiger partial charge in [-0.05, 0) is 38.5 Å². The van der Waals surface area contributed by atoms with Crippen LogP contribution in [0.15, 0.2) is 24.3 Å². The minimum atomic E-state index is -0.565. The summed E-state index contributed by atoms with van der Waals surface area (Å²) in [6, 6.07) is 5.87. The van der Waals surface area contributed by atoms with Crippen LogP contribution in [0.25, 0.3) is 0 Å². The Balaban J connectivity index is 1.94. The number of hydrogen-bond acceptors (Lipinski definition) is 4. The smallest absolute Gasteiger partial charge is 0.311 e. The van der Waals surface area contributed by atoms with E-state index in [1.54, 1.807) is 50.0 Å². The Labute approximate surface area is 136 Å². The second-order valence-corrected chi connectivity index (χ2v) is 6.90. The molecule has 1 amide bonds. The van der Waals surface area contributed by atoms with Gasteiger partial charge < -0.3 is 4.74 Å². The van der Waals surface area contributed by atoms with Crippen LogP contribution >= 0.6 is 0 Å². The molecular weight excluding hydrogens is 299 g/mol. The van der Waals surface area contributed by atoms with Gasteiger partial charge in [-0.2, -0.15) is 0 Å². The highest BCUT2D eigenvalue weighted by molar-refractivity contribution is 5.79. The van der Waals surface area contributed by atoms with Gasteiger partial charge in [0, 0.05) is 7.05 Å². The second kappa shape index (κ2) is 6.66. The molecule has 5 nitrogen and oxygen atoms in total. The summed E-state index contributed by atoms with van der Waals surface area (Å²) in [7, 11) is 1.79. The van der Waals surface area contributed by atoms with Crippen LogP contribution in [0, 0.1) is 11.2 Å². The number of nitrogens with zero attached hydrogens (tertiary/aromatic N) is 2. The SMILES string of the molecule is CN1CC(OC(=O)C(C)(C)C)CN1C(=O)Cc1ccc(F)cc1. The molecule has 1 aliphatic heterocycles. The Morgan fingerprint density at radius 3 is 2.39 bits per heavy atom. The van der Waals surface area contributed by atoms with E-state index in [1.807, 2.05) is 0 Å². The molecule has 0 radical (unpaired) electrons. The van der Waals surface area contributed by atoms with Gasteiger partial charge in [-0.25, -0.2) is 9.40 Å². The van der Waals surface area contributed by atoms with Gasteiger partial charge in [0.05, 0.1) is 24.9 Å². The van der Waals surface area contributed by atoms with Gasteiger partial charge in [0.1, 0.15) is 11.9 Å². The number of benzene rings is 1. The number of esters is 1. The molecule has 1 fully saturated rings. The van der Waals surface area contributed by atoms with E-state index >= 15 is 0 Å². The number of likely N-dealkylation sites (N-methyl/N-ethyl adjacent to an activating group) is 1. The van der Waals surface area contributed by atoms with Crippen molar-refractivity contribution in [1.29, 1.82) is 0 Å². The fraction of sp³-hybridized carbons (Fsp3) is 0.529. The lowest BCUT2D eigenvalue weighted by Crippen LogP contribution is -2.39. The van der Waals surface area contributed by atoms with E-state index in [2.05, 4.69) is 0 Å². The Morgan fingerprint density at radius 1 is 1.22 bits per heavy atom. The molecule has 23 heavy (non-hydrogen) atoms. The molecule has 1 unspecified atom stereocenters. The Hall–Kier alpha value is -1.95. The van der Waals surface area contributed by atoms with Crippen LogP contribution in [0.2, 0.25) is 0 Å². The van der Waals surface area contributed by atoms with Gasteiger partial charge >= 0.3 is 5.97 Å². The monoisotopic (exact) mass is 322 g/mol. The van der Waals surface area contributed by atoms with Gasteiger partial charge in [-0.3, -0.25) is 14.6 Å². The van der Waals surface area contributed by atoms with Gasteiger partial charge in [0.25, 0.3) is 0 Å². The normalized spacial score (nSPS) is 19.0. The first kappa shape index (κ1) is 17.4. The molecule has 0 saturated carbocycles. The number of halogens is 1. The number of amides is 1. The average Bonchev–Trinajstić information content (AvgIpc) is 2.81. The van der Waals surface area contributed by atoms with Crippen molar-refractivity contribution in [3.8, 4) is 0 Å². The second-order valence-electron chi connectivity index (χ2n) is 6.90. The highest BCUT2D eigenvalue weighted by Crippen LogP contribution is 2.20. The Bertz CT molecular complexity index is 580. The molecule has 126 valence electrons.